The van der Waals surface area contributed by atoms with Crippen molar-refractivity contribution in [3.05, 3.63) is 51.5 Å². The number of aromatic nitrogens is 1. The number of ether oxygens (including phenoxy) is 1. The summed E-state index contributed by atoms with van der Waals surface area (Å²) in [5.41, 5.74) is -0.0353. The van der Waals surface area contributed by atoms with E-state index < -0.39 is 23.6 Å². The van der Waals surface area contributed by atoms with E-state index in [-0.39, 0.29) is 37.8 Å². The topological polar surface area (TPSA) is 95.0 Å². The molecule has 1 saturated heterocycles. The van der Waals surface area contributed by atoms with Crippen LogP contribution in [0, 0.1) is 9.39 Å². The number of carbonyl (C=O) groups is 2. The molecule has 11 heteroatoms. The van der Waals surface area contributed by atoms with E-state index in [4.69, 9.17) is 4.74 Å². The Hall–Kier alpha value is -2.51. The fourth-order valence-electron chi connectivity index (χ4n) is 3.86. The summed E-state index contributed by atoms with van der Waals surface area (Å²) in [5, 5.41) is 14.2. The zero-order valence-electron chi connectivity index (χ0n) is 19.5. The molecule has 0 aliphatic carbocycles. The Kier molecular flexibility index (Phi) is 7.48. The molecule has 0 bridgehead atoms. The maximum absolute atomic E-state index is 14.6. The molecule has 8 nitrogen and oxygen atoms in total. The zero-order valence-corrected chi connectivity index (χ0v) is 22.5. The van der Waals surface area contributed by atoms with Gasteiger partial charge in [0.05, 0.1) is 23.9 Å². The molecule has 3 aromatic rings. The first-order valence-electron chi connectivity index (χ1n) is 11.1. The molecule has 1 aliphatic heterocycles. The lowest BCUT2D eigenvalue weighted by Crippen LogP contribution is -2.58. The molecule has 4 rings (SSSR count). The first kappa shape index (κ1) is 25.6. The van der Waals surface area contributed by atoms with Crippen LogP contribution in [0.1, 0.15) is 31.1 Å². The van der Waals surface area contributed by atoms with E-state index in [1.165, 1.54) is 22.3 Å². The molecule has 2 N–H and O–H groups in total. The summed E-state index contributed by atoms with van der Waals surface area (Å²) in [6, 6.07) is 7.74. The molecule has 2 aromatic heterocycles. The van der Waals surface area contributed by atoms with Crippen LogP contribution in [-0.4, -0.2) is 69.8 Å². The van der Waals surface area contributed by atoms with E-state index in [2.05, 4.69) is 10.3 Å². The molecule has 186 valence electrons. The van der Waals surface area contributed by atoms with Crippen molar-refractivity contribution in [2.24, 2.45) is 0 Å². The number of aliphatic hydroxyl groups is 1. The van der Waals surface area contributed by atoms with Gasteiger partial charge < -0.3 is 25.0 Å². The first-order valence-corrected chi connectivity index (χ1v) is 13.0. The Morgan fingerprint density at radius 2 is 2.09 bits per heavy atom. The molecule has 0 unspecified atom stereocenters. The van der Waals surface area contributed by atoms with Crippen LogP contribution >= 0.6 is 33.9 Å². The third-order valence-electron chi connectivity index (χ3n) is 5.47. The summed E-state index contributed by atoms with van der Waals surface area (Å²) in [7, 11) is 0. The predicted octanol–water partition coefficient (Wildman–Crippen LogP) is 4.84. The molecule has 3 heterocycles. The maximum atomic E-state index is 14.6. The molecule has 35 heavy (non-hydrogen) atoms. The number of nitrogens with one attached hydrogen (secondary N) is 1. The van der Waals surface area contributed by atoms with E-state index in [1.807, 2.05) is 22.6 Å². The van der Waals surface area contributed by atoms with Crippen LogP contribution in [-0.2, 0) is 4.74 Å². The van der Waals surface area contributed by atoms with Crippen LogP contribution in [0.3, 0.4) is 0 Å². The zero-order chi connectivity index (χ0) is 25.3. The van der Waals surface area contributed by atoms with Crippen LogP contribution in [0.15, 0.2) is 36.5 Å². The van der Waals surface area contributed by atoms with Gasteiger partial charge in [0.15, 0.2) is 0 Å². The van der Waals surface area contributed by atoms with Gasteiger partial charge in [0.2, 0.25) is 0 Å². The van der Waals surface area contributed by atoms with Crippen molar-refractivity contribution in [2.45, 2.75) is 32.4 Å². The molecular formula is C24H26FIN4O4S. The van der Waals surface area contributed by atoms with E-state index >= 15 is 0 Å². The smallest absolute Gasteiger partial charge is 0.410 e. The number of anilines is 2. The summed E-state index contributed by atoms with van der Waals surface area (Å²) >= 11 is 3.29. The van der Waals surface area contributed by atoms with Gasteiger partial charge in [0, 0.05) is 34.8 Å². The SMILES string of the molecule is CC(C)(C)OC(=O)N1CCN(C(=O)c2c(Nc3ccc(I)cc3F)sc3ncccc23)[C@@H](CO)C1. The molecular weight excluding hydrogens is 586 g/mol. The average Bonchev–Trinajstić information content (AvgIpc) is 3.16. The molecule has 0 radical (unpaired) electrons. The maximum Gasteiger partial charge on any atom is 0.410 e. The lowest BCUT2D eigenvalue weighted by Gasteiger charge is -2.41. The highest BCUT2D eigenvalue weighted by Gasteiger charge is 2.36. The van der Waals surface area contributed by atoms with Gasteiger partial charge in [-0.25, -0.2) is 14.2 Å². The number of benzene rings is 1. The second-order valence-corrected chi connectivity index (χ2v) is 11.4. The van der Waals surface area contributed by atoms with Crippen LogP contribution in [0.4, 0.5) is 19.9 Å². The fourth-order valence-corrected chi connectivity index (χ4v) is 5.36. The predicted molar refractivity (Wildman–Crippen MR) is 142 cm³/mol. The van der Waals surface area contributed by atoms with E-state index in [0.717, 1.165) is 3.57 Å². The Balaban J connectivity index is 1.64. The summed E-state index contributed by atoms with van der Waals surface area (Å²) in [5.74, 6) is -0.750. The molecule has 1 aromatic carbocycles. The minimum absolute atomic E-state index is 0.145. The van der Waals surface area contributed by atoms with Crippen molar-refractivity contribution >= 4 is 66.8 Å². The molecule has 0 spiro atoms. The van der Waals surface area contributed by atoms with Crippen LogP contribution in [0.5, 0.6) is 0 Å². The number of piperazine rings is 1. The third kappa shape index (κ3) is 5.67. The summed E-state index contributed by atoms with van der Waals surface area (Å²) in [4.78, 5) is 34.4. The monoisotopic (exact) mass is 612 g/mol. The van der Waals surface area contributed by atoms with Gasteiger partial charge in [-0.2, -0.15) is 0 Å². The van der Waals surface area contributed by atoms with E-state index in [9.17, 15) is 19.1 Å². The minimum Gasteiger partial charge on any atom is -0.444 e. The minimum atomic E-state index is -0.646. The normalized spacial score (nSPS) is 16.5. The quantitative estimate of drug-likeness (QED) is 0.410. The molecule has 1 aliphatic rings. The van der Waals surface area contributed by atoms with Crippen molar-refractivity contribution in [3.63, 3.8) is 0 Å². The van der Waals surface area contributed by atoms with Crippen LogP contribution < -0.4 is 5.32 Å². The standard InChI is InChI=1S/C24H26FIN4O4S/c1-24(2,3)34-23(33)29-9-10-30(15(12-29)13-31)22(32)19-16-5-4-8-27-20(16)35-21(19)28-18-7-6-14(26)11-17(18)25/h4-8,11,15,28,31H,9-10,12-13H2,1-3H3/t15-/m1/s1. The summed E-state index contributed by atoms with van der Waals surface area (Å²) in [6.07, 6.45) is 1.16. The summed E-state index contributed by atoms with van der Waals surface area (Å²) < 4.78 is 20.8. The van der Waals surface area contributed by atoms with Gasteiger partial charge in [0.25, 0.3) is 5.91 Å². The van der Waals surface area contributed by atoms with Gasteiger partial charge in [0.1, 0.15) is 21.2 Å². The van der Waals surface area contributed by atoms with Crippen molar-refractivity contribution in [2.75, 3.05) is 31.6 Å². The number of fused-ring (bicyclic) bond motifs is 1. The van der Waals surface area contributed by atoms with Gasteiger partial charge in [-0.05, 0) is 73.7 Å². The lowest BCUT2D eigenvalue weighted by atomic mass is 10.1. The van der Waals surface area contributed by atoms with Gasteiger partial charge in [-0.15, -0.1) is 0 Å². The number of aliphatic hydroxyl groups excluding tert-OH is 1. The van der Waals surface area contributed by atoms with Crippen molar-refractivity contribution in [3.8, 4) is 0 Å². The Morgan fingerprint density at radius 3 is 2.77 bits per heavy atom. The number of thiophene rings is 1. The fraction of sp³-hybridized carbons (Fsp3) is 0.375. The van der Waals surface area contributed by atoms with Crippen LogP contribution in [0.2, 0.25) is 0 Å². The number of hydrogen-bond donors (Lipinski definition) is 2. The third-order valence-corrected chi connectivity index (χ3v) is 7.17. The van der Waals surface area contributed by atoms with E-state index in [0.29, 0.717) is 20.8 Å². The highest BCUT2D eigenvalue weighted by molar-refractivity contribution is 14.1. The first-order chi connectivity index (χ1) is 16.6. The Labute approximate surface area is 220 Å². The van der Waals surface area contributed by atoms with Gasteiger partial charge in [-0.3, -0.25) is 4.79 Å². The van der Waals surface area contributed by atoms with Crippen molar-refractivity contribution in [1.82, 2.24) is 14.8 Å². The second kappa shape index (κ2) is 10.2. The number of hydrogen-bond acceptors (Lipinski definition) is 7. The number of pyridine rings is 1. The molecule has 0 saturated carbocycles. The number of halogens is 2. The number of amides is 2. The molecule has 2 amide bonds. The summed E-state index contributed by atoms with van der Waals surface area (Å²) in [6.45, 7) is 5.68. The van der Waals surface area contributed by atoms with Gasteiger partial charge >= 0.3 is 6.09 Å². The van der Waals surface area contributed by atoms with Gasteiger partial charge in [-0.1, -0.05) is 11.3 Å². The number of carbonyl (C=O) groups excluding carboxylic acids is 2. The average molecular weight is 612 g/mol. The molecule has 1 fully saturated rings. The number of nitrogens with zero attached hydrogens (tertiary/aromatic N) is 3. The lowest BCUT2D eigenvalue weighted by molar-refractivity contribution is -0.00234. The van der Waals surface area contributed by atoms with Crippen LogP contribution in [0.25, 0.3) is 10.2 Å². The second-order valence-electron chi connectivity index (χ2n) is 9.17. The largest absolute Gasteiger partial charge is 0.444 e. The number of rotatable bonds is 4. The van der Waals surface area contributed by atoms with E-state index in [1.54, 1.807) is 56.1 Å². The highest BCUT2D eigenvalue weighted by atomic mass is 127. The highest BCUT2D eigenvalue weighted by Crippen LogP contribution is 2.38. The molecule has 1 atom stereocenters. The van der Waals surface area contributed by atoms with Crippen molar-refractivity contribution < 1.29 is 23.8 Å². The Morgan fingerprint density at radius 1 is 1.31 bits per heavy atom. The van der Waals surface area contributed by atoms with Crippen molar-refractivity contribution in [1.29, 1.82) is 0 Å². The Bertz CT molecular complexity index is 1260.